The van der Waals surface area contributed by atoms with Crippen LogP contribution in [0.4, 0.5) is 0 Å². The van der Waals surface area contributed by atoms with Gasteiger partial charge in [0, 0.05) is 0 Å². The number of ether oxygens (including phenoxy) is 2. The van der Waals surface area contributed by atoms with Crippen molar-refractivity contribution < 1.29 is 14.0 Å². The van der Waals surface area contributed by atoms with E-state index in [2.05, 4.69) is 6.92 Å². The van der Waals surface area contributed by atoms with Crippen molar-refractivity contribution in [3.05, 3.63) is 0 Å². The van der Waals surface area contributed by atoms with Gasteiger partial charge in [-0.25, -0.2) is 0 Å². The topological polar surface area (TPSA) is 35.5 Å². The largest absolute Gasteiger partial charge is 0.349 e. The second-order valence-corrected chi connectivity index (χ2v) is 7.20. The van der Waals surface area contributed by atoms with E-state index in [0.717, 1.165) is 6.42 Å². The van der Waals surface area contributed by atoms with E-state index in [1.807, 2.05) is 0 Å². The van der Waals surface area contributed by atoms with Crippen molar-refractivity contribution in [2.45, 2.75) is 25.7 Å². The van der Waals surface area contributed by atoms with Crippen LogP contribution in [0.25, 0.3) is 0 Å². The van der Waals surface area contributed by atoms with Gasteiger partial charge >= 0.3 is 0 Å². The number of hydrogen-bond donors (Lipinski definition) is 0. The van der Waals surface area contributed by atoms with Gasteiger partial charge in [-0.1, -0.05) is 6.92 Å². The standard InChI is InChI=1S/C8H17O3P/c1-4-7-5-10-8(11-7)6-12(2,3)9/h7-8H,4-6H2,1-3H3. The first-order valence-corrected chi connectivity index (χ1v) is 7.11. The average molecular weight is 192 g/mol. The quantitative estimate of drug-likeness (QED) is 0.639. The molecule has 1 rings (SSSR count). The summed E-state index contributed by atoms with van der Waals surface area (Å²) in [5.74, 6) is 0. The lowest BCUT2D eigenvalue weighted by Gasteiger charge is -2.12. The zero-order valence-corrected chi connectivity index (χ0v) is 8.84. The first-order chi connectivity index (χ1) is 5.51. The average Bonchev–Trinajstić information content (AvgIpc) is 2.32. The molecule has 0 aromatic rings. The maximum Gasteiger partial charge on any atom is 0.164 e. The van der Waals surface area contributed by atoms with Crippen molar-refractivity contribution in [2.24, 2.45) is 0 Å². The third-order valence-corrected chi connectivity index (χ3v) is 3.03. The molecule has 1 aliphatic rings. The molecule has 1 heterocycles. The van der Waals surface area contributed by atoms with Crippen molar-refractivity contribution in [2.75, 3.05) is 26.1 Å². The van der Waals surface area contributed by atoms with E-state index in [0.29, 0.717) is 12.8 Å². The molecule has 0 spiro atoms. The monoisotopic (exact) mass is 192 g/mol. The maximum absolute atomic E-state index is 11.4. The van der Waals surface area contributed by atoms with Crippen molar-refractivity contribution in [3.8, 4) is 0 Å². The summed E-state index contributed by atoms with van der Waals surface area (Å²) in [7, 11) is -2.00. The molecule has 0 saturated carbocycles. The SMILES string of the molecule is CCC1COC(CP(C)(C)=O)O1. The first-order valence-electron chi connectivity index (χ1n) is 4.32. The number of rotatable bonds is 3. The molecule has 2 atom stereocenters. The van der Waals surface area contributed by atoms with Gasteiger partial charge in [0.1, 0.15) is 0 Å². The van der Waals surface area contributed by atoms with Crippen LogP contribution < -0.4 is 0 Å². The Bertz CT molecular complexity index is 187. The van der Waals surface area contributed by atoms with Gasteiger partial charge in [-0.05, 0) is 19.8 Å². The molecule has 0 aliphatic carbocycles. The minimum Gasteiger partial charge on any atom is -0.349 e. The Kier molecular flexibility index (Phi) is 3.33. The Morgan fingerprint density at radius 3 is 2.58 bits per heavy atom. The highest BCUT2D eigenvalue weighted by Crippen LogP contribution is 2.38. The van der Waals surface area contributed by atoms with Crippen LogP contribution in [-0.2, 0) is 14.0 Å². The Balaban J connectivity index is 2.33. The lowest BCUT2D eigenvalue weighted by atomic mass is 10.3. The highest BCUT2D eigenvalue weighted by Gasteiger charge is 2.27. The minimum atomic E-state index is -2.00. The summed E-state index contributed by atoms with van der Waals surface area (Å²) >= 11 is 0. The first kappa shape index (κ1) is 10.2. The third kappa shape index (κ3) is 3.26. The van der Waals surface area contributed by atoms with E-state index in [1.165, 1.54) is 0 Å². The van der Waals surface area contributed by atoms with Crippen LogP contribution in [0.2, 0.25) is 0 Å². The van der Waals surface area contributed by atoms with Gasteiger partial charge in [-0.3, -0.25) is 0 Å². The van der Waals surface area contributed by atoms with E-state index >= 15 is 0 Å². The van der Waals surface area contributed by atoms with Crippen LogP contribution >= 0.6 is 7.14 Å². The number of hydrogen-bond acceptors (Lipinski definition) is 3. The summed E-state index contributed by atoms with van der Waals surface area (Å²) < 4.78 is 22.2. The molecule has 0 amide bonds. The van der Waals surface area contributed by atoms with Crippen molar-refractivity contribution >= 4 is 7.14 Å². The highest BCUT2D eigenvalue weighted by molar-refractivity contribution is 7.62. The van der Waals surface area contributed by atoms with Gasteiger partial charge in [0.15, 0.2) is 6.29 Å². The van der Waals surface area contributed by atoms with E-state index in [1.54, 1.807) is 13.3 Å². The molecule has 0 N–H and O–H groups in total. The summed E-state index contributed by atoms with van der Waals surface area (Å²) in [6.45, 7) is 6.24. The van der Waals surface area contributed by atoms with Crippen molar-refractivity contribution in [1.82, 2.24) is 0 Å². The van der Waals surface area contributed by atoms with E-state index in [-0.39, 0.29) is 12.4 Å². The molecule has 0 bridgehead atoms. The minimum absolute atomic E-state index is 0.210. The smallest absolute Gasteiger partial charge is 0.164 e. The molecule has 4 heteroatoms. The van der Waals surface area contributed by atoms with Crippen LogP contribution in [0, 0.1) is 0 Å². The second kappa shape index (κ2) is 3.91. The van der Waals surface area contributed by atoms with Gasteiger partial charge in [0.2, 0.25) is 0 Å². The Morgan fingerprint density at radius 2 is 2.17 bits per heavy atom. The lowest BCUT2D eigenvalue weighted by molar-refractivity contribution is -0.0399. The lowest BCUT2D eigenvalue weighted by Crippen LogP contribution is -2.15. The molecule has 72 valence electrons. The molecule has 12 heavy (non-hydrogen) atoms. The van der Waals surface area contributed by atoms with Crippen LogP contribution in [0.15, 0.2) is 0 Å². The van der Waals surface area contributed by atoms with Gasteiger partial charge in [-0.2, -0.15) is 0 Å². The second-order valence-electron chi connectivity index (χ2n) is 3.69. The summed E-state index contributed by atoms with van der Waals surface area (Å²) in [6.07, 6.45) is 1.50. The molecule has 1 aliphatic heterocycles. The fourth-order valence-electron chi connectivity index (χ4n) is 1.18. The molecule has 3 nitrogen and oxygen atoms in total. The summed E-state index contributed by atoms with van der Waals surface area (Å²) in [6, 6.07) is 0. The van der Waals surface area contributed by atoms with Crippen LogP contribution in [0.1, 0.15) is 13.3 Å². The van der Waals surface area contributed by atoms with Crippen molar-refractivity contribution in [1.29, 1.82) is 0 Å². The molecule has 0 aromatic carbocycles. The molecular weight excluding hydrogens is 175 g/mol. The Morgan fingerprint density at radius 1 is 1.50 bits per heavy atom. The van der Waals surface area contributed by atoms with Crippen LogP contribution in [0.3, 0.4) is 0 Å². The molecular formula is C8H17O3P. The van der Waals surface area contributed by atoms with E-state index < -0.39 is 7.14 Å². The van der Waals surface area contributed by atoms with Crippen molar-refractivity contribution in [3.63, 3.8) is 0 Å². The van der Waals surface area contributed by atoms with E-state index in [9.17, 15) is 4.57 Å². The van der Waals surface area contributed by atoms with E-state index in [4.69, 9.17) is 9.47 Å². The van der Waals surface area contributed by atoms with Gasteiger partial charge in [0.25, 0.3) is 0 Å². The zero-order chi connectivity index (χ0) is 9.19. The highest BCUT2D eigenvalue weighted by atomic mass is 31.2. The van der Waals surface area contributed by atoms with Gasteiger partial charge < -0.3 is 14.0 Å². The van der Waals surface area contributed by atoms with Gasteiger partial charge in [0.05, 0.1) is 26.0 Å². The molecule has 0 aromatic heterocycles. The Hall–Kier alpha value is 0.150. The fourth-order valence-corrected chi connectivity index (χ4v) is 2.09. The Labute approximate surface area is 73.8 Å². The fraction of sp³-hybridized carbons (Fsp3) is 1.00. The van der Waals surface area contributed by atoms with Crippen LogP contribution in [-0.4, -0.2) is 38.5 Å². The predicted molar refractivity (Wildman–Crippen MR) is 49.2 cm³/mol. The normalized spacial score (nSPS) is 30.9. The molecule has 1 saturated heterocycles. The summed E-state index contributed by atoms with van der Waals surface area (Å²) in [5, 5.41) is 0. The van der Waals surface area contributed by atoms with Crippen LogP contribution in [0.5, 0.6) is 0 Å². The zero-order valence-electron chi connectivity index (χ0n) is 7.95. The molecule has 2 unspecified atom stereocenters. The van der Waals surface area contributed by atoms with Gasteiger partial charge in [-0.15, -0.1) is 0 Å². The summed E-state index contributed by atoms with van der Waals surface area (Å²) in [4.78, 5) is 0. The molecule has 1 fully saturated rings. The molecule has 0 radical (unpaired) electrons. The third-order valence-electron chi connectivity index (χ3n) is 1.86. The maximum atomic E-state index is 11.4. The summed E-state index contributed by atoms with van der Waals surface area (Å²) in [5.41, 5.74) is 0. The predicted octanol–water partition coefficient (Wildman–Crippen LogP) is 1.76.